The Kier molecular flexibility index (Phi) is 5.04. The number of hydrogen-bond donors (Lipinski definition) is 2. The Bertz CT molecular complexity index is 580. The zero-order chi connectivity index (χ0) is 14.5. The van der Waals surface area contributed by atoms with Crippen LogP contribution in [-0.4, -0.2) is 5.91 Å². The quantitative estimate of drug-likeness (QED) is 0.847. The normalized spacial score (nSPS) is 12.1. The Morgan fingerprint density at radius 1 is 1.35 bits per heavy atom. The number of carbonyl (C=O) groups excluding carboxylic acids is 1. The summed E-state index contributed by atoms with van der Waals surface area (Å²) in [7, 11) is 0. The van der Waals surface area contributed by atoms with Crippen LogP contribution >= 0.6 is 22.9 Å². The van der Waals surface area contributed by atoms with Crippen molar-refractivity contribution < 1.29 is 4.79 Å². The second-order valence-corrected chi connectivity index (χ2v) is 5.94. The van der Waals surface area contributed by atoms with Crippen molar-refractivity contribution in [1.29, 1.82) is 0 Å². The molecule has 3 N–H and O–H groups in total. The van der Waals surface area contributed by atoms with Crippen molar-refractivity contribution >= 4 is 34.5 Å². The van der Waals surface area contributed by atoms with E-state index in [-0.39, 0.29) is 11.8 Å². The summed E-state index contributed by atoms with van der Waals surface area (Å²) in [5, 5.41) is 8.09. The standard InChI is InChI=1S/C15H17ClN2OS/c1-10(6-15(17)19)11-2-4-13(5-3-11)18-7-12-8-20-9-14(12)16/h2-5,8-10,18H,6-7H2,1H3,(H2,17,19). The number of amides is 1. The van der Waals surface area contributed by atoms with Gasteiger partial charge in [-0.1, -0.05) is 30.7 Å². The molecule has 106 valence electrons. The van der Waals surface area contributed by atoms with Gasteiger partial charge in [0.25, 0.3) is 0 Å². The Balaban J connectivity index is 1.94. The third kappa shape index (κ3) is 3.99. The molecule has 1 aromatic heterocycles. The molecule has 0 fully saturated rings. The summed E-state index contributed by atoms with van der Waals surface area (Å²) in [5.41, 5.74) is 8.46. The molecule has 1 heterocycles. The van der Waals surface area contributed by atoms with E-state index in [1.807, 2.05) is 41.9 Å². The van der Waals surface area contributed by atoms with Gasteiger partial charge in [0.1, 0.15) is 0 Å². The Morgan fingerprint density at radius 3 is 2.60 bits per heavy atom. The number of anilines is 1. The van der Waals surface area contributed by atoms with Crippen molar-refractivity contribution in [3.63, 3.8) is 0 Å². The van der Waals surface area contributed by atoms with E-state index in [4.69, 9.17) is 17.3 Å². The molecule has 2 aromatic rings. The maximum atomic E-state index is 10.9. The van der Waals surface area contributed by atoms with E-state index in [0.717, 1.165) is 21.8 Å². The molecule has 0 bridgehead atoms. The van der Waals surface area contributed by atoms with Crippen LogP contribution < -0.4 is 11.1 Å². The molecule has 1 atom stereocenters. The molecule has 0 aliphatic carbocycles. The summed E-state index contributed by atoms with van der Waals surface area (Å²) in [6.45, 7) is 2.71. The number of primary amides is 1. The Labute approximate surface area is 127 Å². The van der Waals surface area contributed by atoms with Gasteiger partial charge in [0.15, 0.2) is 0 Å². The zero-order valence-electron chi connectivity index (χ0n) is 11.2. The number of carbonyl (C=O) groups is 1. The highest BCUT2D eigenvalue weighted by Crippen LogP contribution is 2.23. The molecule has 1 amide bonds. The third-order valence-corrected chi connectivity index (χ3v) is 4.43. The largest absolute Gasteiger partial charge is 0.381 e. The molecule has 0 spiro atoms. The van der Waals surface area contributed by atoms with Crippen LogP contribution in [0, 0.1) is 0 Å². The Morgan fingerprint density at radius 2 is 2.05 bits per heavy atom. The van der Waals surface area contributed by atoms with Crippen molar-refractivity contribution in [3.8, 4) is 0 Å². The van der Waals surface area contributed by atoms with Crippen molar-refractivity contribution in [2.24, 2.45) is 5.73 Å². The van der Waals surface area contributed by atoms with Crippen molar-refractivity contribution in [2.45, 2.75) is 25.8 Å². The number of hydrogen-bond acceptors (Lipinski definition) is 3. The molecule has 5 heteroatoms. The van der Waals surface area contributed by atoms with Crippen molar-refractivity contribution in [3.05, 3.63) is 51.2 Å². The SMILES string of the molecule is CC(CC(N)=O)c1ccc(NCc2cscc2Cl)cc1. The molecule has 2 rings (SSSR count). The summed E-state index contributed by atoms with van der Waals surface area (Å²) < 4.78 is 0. The minimum Gasteiger partial charge on any atom is -0.381 e. The molecule has 0 aliphatic rings. The van der Waals surface area contributed by atoms with Gasteiger partial charge in [-0.3, -0.25) is 4.79 Å². The first-order chi connectivity index (χ1) is 9.56. The van der Waals surface area contributed by atoms with Gasteiger partial charge >= 0.3 is 0 Å². The average Bonchev–Trinajstić information content (AvgIpc) is 2.82. The molecule has 20 heavy (non-hydrogen) atoms. The fourth-order valence-electron chi connectivity index (χ4n) is 1.98. The third-order valence-electron chi connectivity index (χ3n) is 3.16. The maximum Gasteiger partial charge on any atom is 0.218 e. The molecule has 1 aromatic carbocycles. The molecule has 3 nitrogen and oxygen atoms in total. The van der Waals surface area contributed by atoms with Crippen LogP contribution in [0.15, 0.2) is 35.0 Å². The van der Waals surface area contributed by atoms with E-state index in [0.29, 0.717) is 13.0 Å². The molecule has 0 saturated carbocycles. The summed E-state index contributed by atoms with van der Waals surface area (Å²) >= 11 is 7.65. The number of thiophene rings is 1. The number of nitrogens with two attached hydrogens (primary N) is 1. The van der Waals surface area contributed by atoms with Gasteiger partial charge in [0, 0.05) is 29.6 Å². The van der Waals surface area contributed by atoms with Crippen LogP contribution in [0.1, 0.15) is 30.4 Å². The van der Waals surface area contributed by atoms with Crippen LogP contribution in [0.2, 0.25) is 5.02 Å². The van der Waals surface area contributed by atoms with E-state index in [2.05, 4.69) is 5.32 Å². The molecular formula is C15H17ClN2OS. The van der Waals surface area contributed by atoms with Crippen LogP contribution in [0.25, 0.3) is 0 Å². The van der Waals surface area contributed by atoms with E-state index in [1.165, 1.54) is 0 Å². The summed E-state index contributed by atoms with van der Waals surface area (Å²) in [5.74, 6) is -0.125. The highest BCUT2D eigenvalue weighted by Gasteiger charge is 2.08. The highest BCUT2D eigenvalue weighted by atomic mass is 35.5. The second-order valence-electron chi connectivity index (χ2n) is 4.79. The number of benzene rings is 1. The fourth-order valence-corrected chi connectivity index (χ4v) is 3.03. The first-order valence-electron chi connectivity index (χ1n) is 6.39. The van der Waals surface area contributed by atoms with Crippen LogP contribution in [-0.2, 0) is 11.3 Å². The lowest BCUT2D eigenvalue weighted by atomic mass is 9.97. The summed E-state index contributed by atoms with van der Waals surface area (Å²) in [6.07, 6.45) is 0.372. The van der Waals surface area contributed by atoms with Crippen molar-refractivity contribution in [2.75, 3.05) is 5.32 Å². The lowest BCUT2D eigenvalue weighted by Gasteiger charge is -2.11. The predicted octanol–water partition coefficient (Wildman–Crippen LogP) is 3.99. The monoisotopic (exact) mass is 308 g/mol. The molecule has 0 radical (unpaired) electrons. The lowest BCUT2D eigenvalue weighted by molar-refractivity contribution is -0.118. The lowest BCUT2D eigenvalue weighted by Crippen LogP contribution is -2.13. The summed E-state index contributed by atoms with van der Waals surface area (Å²) in [4.78, 5) is 10.9. The highest BCUT2D eigenvalue weighted by molar-refractivity contribution is 7.08. The number of nitrogens with one attached hydrogen (secondary N) is 1. The first kappa shape index (κ1) is 14.9. The van der Waals surface area contributed by atoms with Crippen LogP contribution in [0.5, 0.6) is 0 Å². The minimum absolute atomic E-state index is 0.146. The average molecular weight is 309 g/mol. The van der Waals surface area contributed by atoms with Gasteiger partial charge in [-0.25, -0.2) is 0 Å². The fraction of sp³-hybridized carbons (Fsp3) is 0.267. The van der Waals surface area contributed by atoms with Crippen LogP contribution in [0.3, 0.4) is 0 Å². The summed E-state index contributed by atoms with van der Waals surface area (Å²) in [6, 6.07) is 8.05. The predicted molar refractivity (Wildman–Crippen MR) is 85.3 cm³/mol. The molecule has 1 unspecified atom stereocenters. The maximum absolute atomic E-state index is 10.9. The molecule has 0 aliphatic heterocycles. The van der Waals surface area contributed by atoms with Gasteiger partial charge in [-0.15, -0.1) is 0 Å². The van der Waals surface area contributed by atoms with E-state index in [9.17, 15) is 4.79 Å². The second kappa shape index (κ2) is 6.77. The zero-order valence-corrected chi connectivity index (χ0v) is 12.8. The smallest absolute Gasteiger partial charge is 0.218 e. The Hall–Kier alpha value is -1.52. The van der Waals surface area contributed by atoms with Gasteiger partial charge in [0.2, 0.25) is 5.91 Å². The van der Waals surface area contributed by atoms with Gasteiger partial charge in [-0.2, -0.15) is 11.3 Å². The van der Waals surface area contributed by atoms with Crippen molar-refractivity contribution in [1.82, 2.24) is 0 Å². The van der Waals surface area contributed by atoms with Gasteiger partial charge < -0.3 is 11.1 Å². The van der Waals surface area contributed by atoms with E-state index >= 15 is 0 Å². The molecular weight excluding hydrogens is 292 g/mol. The van der Waals surface area contributed by atoms with E-state index in [1.54, 1.807) is 11.3 Å². The topological polar surface area (TPSA) is 55.1 Å². The molecule has 0 saturated heterocycles. The van der Waals surface area contributed by atoms with E-state index < -0.39 is 0 Å². The van der Waals surface area contributed by atoms with Gasteiger partial charge in [-0.05, 0) is 29.0 Å². The minimum atomic E-state index is -0.271. The number of rotatable bonds is 6. The number of halogens is 1. The van der Waals surface area contributed by atoms with Crippen LogP contribution in [0.4, 0.5) is 5.69 Å². The van der Waals surface area contributed by atoms with Gasteiger partial charge in [0.05, 0.1) is 5.02 Å². The first-order valence-corrected chi connectivity index (χ1v) is 7.71.